The normalized spacial score (nSPS) is 23.6. The minimum absolute atomic E-state index is 0.0154. The van der Waals surface area contributed by atoms with Gasteiger partial charge in [0.15, 0.2) is 11.5 Å². The fraction of sp³-hybridized carbons (Fsp3) is 0.407. The zero-order valence-electron chi connectivity index (χ0n) is 20.4. The number of hydrogen-bond donors (Lipinski definition) is 2. The number of Topliss-reactive ketones (excluding diaryl/α,β-unsaturated/α-hetero) is 1. The minimum atomic E-state index is -0.830. The van der Waals surface area contributed by atoms with Crippen LogP contribution in [0.2, 0.25) is 0 Å². The minimum Gasteiger partial charge on any atom is -0.507 e. The van der Waals surface area contributed by atoms with Crippen molar-refractivity contribution in [2.45, 2.75) is 25.5 Å². The number of methoxy groups -OCH3 is 1. The van der Waals surface area contributed by atoms with Crippen molar-refractivity contribution in [3.05, 3.63) is 58.7 Å². The highest BCUT2D eigenvalue weighted by Gasteiger charge is 2.46. The van der Waals surface area contributed by atoms with Crippen LogP contribution in [-0.2, 0) is 20.7 Å². The van der Waals surface area contributed by atoms with Crippen molar-refractivity contribution in [1.29, 1.82) is 0 Å². The lowest BCUT2D eigenvalue weighted by Crippen LogP contribution is -2.42. The van der Waals surface area contributed by atoms with Crippen LogP contribution in [0.5, 0.6) is 17.2 Å². The molecule has 9 nitrogen and oxygen atoms in total. The molecule has 0 saturated carbocycles. The fourth-order valence-electron chi connectivity index (χ4n) is 5.12. The molecule has 9 heteroatoms. The molecule has 36 heavy (non-hydrogen) atoms. The highest BCUT2D eigenvalue weighted by molar-refractivity contribution is 6.46. The van der Waals surface area contributed by atoms with Gasteiger partial charge in [0.05, 0.1) is 31.9 Å². The molecule has 3 heterocycles. The Bertz CT molecular complexity index is 1220. The van der Waals surface area contributed by atoms with Gasteiger partial charge in [0, 0.05) is 38.2 Å². The number of carbonyl (C=O) groups is 2. The Morgan fingerprint density at radius 1 is 1.11 bits per heavy atom. The highest BCUT2D eigenvalue weighted by Crippen LogP contribution is 2.42. The van der Waals surface area contributed by atoms with Gasteiger partial charge in [-0.25, -0.2) is 0 Å². The van der Waals surface area contributed by atoms with E-state index in [1.54, 1.807) is 24.3 Å². The second kappa shape index (κ2) is 9.83. The second-order valence-corrected chi connectivity index (χ2v) is 9.33. The molecule has 2 atom stereocenters. The zero-order chi connectivity index (χ0) is 25.4. The molecule has 0 aromatic heterocycles. The Balaban J connectivity index is 1.56. The molecular formula is C27H30N2O7. The fourth-order valence-corrected chi connectivity index (χ4v) is 5.12. The predicted molar refractivity (Wildman–Crippen MR) is 131 cm³/mol. The SMILES string of the molecule is COc1cc(C2/C(=C(\O)c3ccc4c(c3)CC(C)O4)C(=O)C(=O)N2CCN2CCOCC2)ccc1O. The van der Waals surface area contributed by atoms with E-state index in [2.05, 4.69) is 4.90 Å². The van der Waals surface area contributed by atoms with Crippen LogP contribution in [0.1, 0.15) is 29.7 Å². The van der Waals surface area contributed by atoms with Gasteiger partial charge in [0.25, 0.3) is 11.7 Å². The molecule has 2 N–H and O–H groups in total. The number of ketones is 1. The van der Waals surface area contributed by atoms with E-state index in [-0.39, 0.29) is 28.9 Å². The Morgan fingerprint density at radius 3 is 2.64 bits per heavy atom. The van der Waals surface area contributed by atoms with Gasteiger partial charge in [-0.15, -0.1) is 0 Å². The summed E-state index contributed by atoms with van der Waals surface area (Å²) in [5.74, 6) is -0.725. The highest BCUT2D eigenvalue weighted by atomic mass is 16.5. The predicted octanol–water partition coefficient (Wildman–Crippen LogP) is 2.48. The van der Waals surface area contributed by atoms with Crippen molar-refractivity contribution in [1.82, 2.24) is 9.80 Å². The maximum absolute atomic E-state index is 13.3. The molecule has 0 bridgehead atoms. The maximum atomic E-state index is 13.3. The molecule has 3 aliphatic heterocycles. The number of aromatic hydroxyl groups is 1. The summed E-state index contributed by atoms with van der Waals surface area (Å²) in [6, 6.07) is 9.15. The molecule has 0 spiro atoms. The van der Waals surface area contributed by atoms with E-state index in [1.807, 2.05) is 13.0 Å². The number of aliphatic hydroxyl groups excluding tert-OH is 1. The first-order chi connectivity index (χ1) is 17.4. The Hall–Kier alpha value is -3.56. The lowest BCUT2D eigenvalue weighted by Gasteiger charge is -2.31. The largest absolute Gasteiger partial charge is 0.507 e. The van der Waals surface area contributed by atoms with E-state index in [9.17, 15) is 19.8 Å². The van der Waals surface area contributed by atoms with Gasteiger partial charge in [0.1, 0.15) is 17.6 Å². The summed E-state index contributed by atoms with van der Waals surface area (Å²) < 4.78 is 16.4. The van der Waals surface area contributed by atoms with E-state index in [1.165, 1.54) is 18.1 Å². The number of hydrogen-bond acceptors (Lipinski definition) is 8. The van der Waals surface area contributed by atoms with Crippen LogP contribution in [0.3, 0.4) is 0 Å². The van der Waals surface area contributed by atoms with Crippen LogP contribution in [0.25, 0.3) is 5.76 Å². The topological polar surface area (TPSA) is 109 Å². The molecule has 5 rings (SSSR count). The van der Waals surface area contributed by atoms with Gasteiger partial charge < -0.3 is 29.3 Å². The van der Waals surface area contributed by atoms with E-state index in [4.69, 9.17) is 14.2 Å². The van der Waals surface area contributed by atoms with Gasteiger partial charge in [-0.05, 0) is 48.4 Å². The average molecular weight is 495 g/mol. The number of benzene rings is 2. The zero-order valence-corrected chi connectivity index (χ0v) is 20.4. The summed E-state index contributed by atoms with van der Waals surface area (Å²) in [6.07, 6.45) is 0.732. The summed E-state index contributed by atoms with van der Waals surface area (Å²) in [7, 11) is 1.43. The Labute approximate surface area is 209 Å². The number of amides is 1. The summed E-state index contributed by atoms with van der Waals surface area (Å²) in [4.78, 5) is 30.2. The molecule has 2 unspecified atom stereocenters. The quantitative estimate of drug-likeness (QED) is 0.358. The van der Waals surface area contributed by atoms with E-state index in [0.29, 0.717) is 43.9 Å². The van der Waals surface area contributed by atoms with Crippen molar-refractivity contribution in [2.24, 2.45) is 0 Å². The van der Waals surface area contributed by atoms with Crippen LogP contribution in [-0.4, -0.2) is 84.3 Å². The molecule has 2 aromatic rings. The van der Waals surface area contributed by atoms with Crippen molar-refractivity contribution in [3.63, 3.8) is 0 Å². The van der Waals surface area contributed by atoms with Gasteiger partial charge in [0.2, 0.25) is 0 Å². The number of rotatable bonds is 6. The van der Waals surface area contributed by atoms with Crippen LogP contribution in [0.15, 0.2) is 42.0 Å². The summed E-state index contributed by atoms with van der Waals surface area (Å²) in [5, 5.41) is 21.5. The number of ether oxygens (including phenoxy) is 3. The number of phenolic OH excluding ortho intramolecular Hbond substituents is 1. The third-order valence-electron chi connectivity index (χ3n) is 6.99. The molecule has 1 amide bonds. The molecule has 0 aliphatic carbocycles. The number of likely N-dealkylation sites (tertiary alicyclic amines) is 1. The van der Waals surface area contributed by atoms with E-state index >= 15 is 0 Å². The lowest BCUT2D eigenvalue weighted by atomic mass is 9.94. The molecule has 3 aliphatic rings. The first-order valence-electron chi connectivity index (χ1n) is 12.1. The molecular weight excluding hydrogens is 464 g/mol. The van der Waals surface area contributed by atoms with E-state index in [0.717, 1.165) is 24.4 Å². The van der Waals surface area contributed by atoms with Crippen molar-refractivity contribution in [3.8, 4) is 17.2 Å². The van der Waals surface area contributed by atoms with Gasteiger partial charge in [-0.1, -0.05) is 6.07 Å². The summed E-state index contributed by atoms with van der Waals surface area (Å²) >= 11 is 0. The summed E-state index contributed by atoms with van der Waals surface area (Å²) in [5.41, 5.74) is 1.97. The Morgan fingerprint density at radius 2 is 1.89 bits per heavy atom. The first-order valence-corrected chi connectivity index (χ1v) is 12.1. The van der Waals surface area contributed by atoms with Crippen LogP contribution in [0, 0.1) is 0 Å². The third kappa shape index (κ3) is 4.40. The van der Waals surface area contributed by atoms with Crippen LogP contribution < -0.4 is 9.47 Å². The molecule has 2 saturated heterocycles. The average Bonchev–Trinajstić information content (AvgIpc) is 3.38. The number of aliphatic hydroxyl groups is 1. The maximum Gasteiger partial charge on any atom is 0.295 e. The van der Waals surface area contributed by atoms with Crippen molar-refractivity contribution < 1.29 is 34.0 Å². The first kappa shape index (κ1) is 24.1. The van der Waals surface area contributed by atoms with Gasteiger partial charge >= 0.3 is 0 Å². The second-order valence-electron chi connectivity index (χ2n) is 9.33. The molecule has 2 fully saturated rings. The van der Waals surface area contributed by atoms with Gasteiger partial charge in [-0.3, -0.25) is 14.5 Å². The summed E-state index contributed by atoms with van der Waals surface area (Å²) in [6.45, 7) is 5.57. The molecule has 190 valence electrons. The molecule has 2 aromatic carbocycles. The Kier molecular flexibility index (Phi) is 6.59. The number of morpholine rings is 1. The lowest BCUT2D eigenvalue weighted by molar-refractivity contribution is -0.140. The number of fused-ring (bicyclic) bond motifs is 1. The van der Waals surface area contributed by atoms with Crippen LogP contribution in [0.4, 0.5) is 0 Å². The molecule has 0 radical (unpaired) electrons. The van der Waals surface area contributed by atoms with Crippen molar-refractivity contribution in [2.75, 3.05) is 46.5 Å². The van der Waals surface area contributed by atoms with Gasteiger partial charge in [-0.2, -0.15) is 0 Å². The third-order valence-corrected chi connectivity index (χ3v) is 6.99. The van der Waals surface area contributed by atoms with E-state index < -0.39 is 17.7 Å². The monoisotopic (exact) mass is 494 g/mol. The smallest absolute Gasteiger partial charge is 0.295 e. The number of nitrogens with zero attached hydrogens (tertiary/aromatic N) is 2. The number of phenols is 1. The number of carbonyl (C=O) groups excluding carboxylic acids is 2. The van der Waals surface area contributed by atoms with Crippen LogP contribution >= 0.6 is 0 Å². The standard InChI is InChI=1S/C27H30N2O7/c1-16-13-19-14-18(4-6-21(19)36-16)25(31)23-24(17-3-5-20(30)22(15-17)34-2)29(27(33)26(23)32)8-7-28-9-11-35-12-10-28/h3-6,14-16,24,30-31H,7-13H2,1-2H3/b25-23+. The van der Waals surface area contributed by atoms with Crippen molar-refractivity contribution >= 4 is 17.4 Å².